The van der Waals surface area contributed by atoms with Crippen LogP contribution in [0.3, 0.4) is 0 Å². The second-order valence-electron chi connectivity index (χ2n) is 6.76. The summed E-state index contributed by atoms with van der Waals surface area (Å²) in [6.45, 7) is 12.3. The highest BCUT2D eigenvalue weighted by Crippen LogP contribution is 2.38. The molecular weight excluding hydrogens is 300 g/mol. The van der Waals surface area contributed by atoms with Gasteiger partial charge in [-0.1, -0.05) is 34.1 Å². The Hall–Kier alpha value is -1.30. The predicted octanol–water partition coefficient (Wildman–Crippen LogP) is 3.80. The Balaban J connectivity index is 5.87. The molecule has 0 radical (unpaired) electrons. The maximum absolute atomic E-state index is 12.2. The molecule has 0 amide bonds. The molecule has 0 aliphatic rings. The van der Waals surface area contributed by atoms with Gasteiger partial charge in [0.25, 0.3) is 8.32 Å². The van der Waals surface area contributed by atoms with Crippen molar-refractivity contribution in [2.75, 3.05) is 14.2 Å². The molecule has 0 N–H and O–H groups in total. The third-order valence-electron chi connectivity index (χ3n) is 4.02. The third kappa shape index (κ3) is 5.48. The molecule has 0 aliphatic heterocycles. The van der Waals surface area contributed by atoms with Crippen LogP contribution in [0.2, 0.25) is 18.1 Å². The van der Waals surface area contributed by atoms with Gasteiger partial charge in [-0.2, -0.15) is 0 Å². The lowest BCUT2D eigenvalue weighted by Crippen LogP contribution is -2.42. The molecule has 0 bridgehead atoms. The lowest BCUT2D eigenvalue weighted by atomic mass is 10.1. The van der Waals surface area contributed by atoms with Crippen LogP contribution in [0.15, 0.2) is 11.3 Å². The molecule has 6 heteroatoms. The van der Waals surface area contributed by atoms with Gasteiger partial charge < -0.3 is 13.9 Å². The van der Waals surface area contributed by atoms with Gasteiger partial charge in [0.1, 0.15) is 0 Å². The Morgan fingerprint density at radius 1 is 1.00 bits per heavy atom. The van der Waals surface area contributed by atoms with Crippen LogP contribution in [0.1, 0.15) is 47.0 Å². The summed E-state index contributed by atoms with van der Waals surface area (Å²) in [5.41, 5.74) is 0.265. The van der Waals surface area contributed by atoms with E-state index >= 15 is 0 Å². The Morgan fingerprint density at radius 2 is 1.50 bits per heavy atom. The molecule has 0 saturated heterocycles. The summed E-state index contributed by atoms with van der Waals surface area (Å²) in [5.74, 6) is -1.15. The Labute approximate surface area is 135 Å². The van der Waals surface area contributed by atoms with E-state index in [1.165, 1.54) is 14.2 Å². The van der Waals surface area contributed by atoms with E-state index in [-0.39, 0.29) is 16.4 Å². The van der Waals surface area contributed by atoms with Gasteiger partial charge in [-0.15, -0.1) is 0 Å². The lowest BCUT2D eigenvalue weighted by molar-refractivity contribution is -0.141. The molecule has 0 atom stereocenters. The summed E-state index contributed by atoms with van der Waals surface area (Å²) in [6.07, 6.45) is 2.10. The molecule has 0 unspecified atom stereocenters. The molecule has 0 saturated carbocycles. The van der Waals surface area contributed by atoms with Crippen molar-refractivity contribution >= 4 is 20.3 Å². The second kappa shape index (κ2) is 8.36. The van der Waals surface area contributed by atoms with Crippen molar-refractivity contribution in [2.45, 2.75) is 65.1 Å². The zero-order valence-corrected chi connectivity index (χ0v) is 16.2. The lowest BCUT2D eigenvalue weighted by Gasteiger charge is -2.37. The van der Waals surface area contributed by atoms with Crippen LogP contribution in [0, 0.1) is 0 Å². The monoisotopic (exact) mass is 330 g/mol. The van der Waals surface area contributed by atoms with E-state index in [1.54, 1.807) is 0 Å². The van der Waals surface area contributed by atoms with E-state index in [4.69, 9.17) is 13.9 Å². The Bertz CT molecular complexity index is 432. The zero-order chi connectivity index (χ0) is 17.6. The van der Waals surface area contributed by atoms with E-state index in [0.717, 1.165) is 12.8 Å². The van der Waals surface area contributed by atoms with Gasteiger partial charge in [0.2, 0.25) is 5.76 Å². The molecule has 22 heavy (non-hydrogen) atoms. The zero-order valence-electron chi connectivity index (χ0n) is 15.2. The number of esters is 2. The van der Waals surface area contributed by atoms with E-state index in [1.807, 2.05) is 20.0 Å². The third-order valence-corrected chi connectivity index (χ3v) is 8.35. The normalized spacial score (nSPS) is 13.3. The summed E-state index contributed by atoms with van der Waals surface area (Å²) < 4.78 is 15.7. The molecule has 0 rings (SSSR count). The second-order valence-corrected chi connectivity index (χ2v) is 11.5. The van der Waals surface area contributed by atoms with Crippen molar-refractivity contribution in [1.29, 1.82) is 0 Å². The number of rotatable bonds is 7. The van der Waals surface area contributed by atoms with Crippen molar-refractivity contribution in [2.24, 2.45) is 0 Å². The maximum Gasteiger partial charge on any atom is 0.372 e. The number of hydrogen-bond donors (Lipinski definition) is 0. The number of hydrogen-bond acceptors (Lipinski definition) is 5. The van der Waals surface area contributed by atoms with Crippen molar-refractivity contribution in [3.63, 3.8) is 0 Å². The molecule has 0 heterocycles. The highest BCUT2D eigenvalue weighted by Gasteiger charge is 2.41. The van der Waals surface area contributed by atoms with Gasteiger partial charge in [-0.05, 0) is 31.0 Å². The summed E-state index contributed by atoms with van der Waals surface area (Å²) in [7, 11) is 0.311. The molecule has 0 aromatic rings. The molecule has 5 nitrogen and oxygen atoms in total. The van der Waals surface area contributed by atoms with Crippen LogP contribution >= 0.6 is 0 Å². The van der Waals surface area contributed by atoms with Crippen molar-refractivity contribution in [3.8, 4) is 0 Å². The molecule has 0 aromatic carbocycles. The highest BCUT2D eigenvalue weighted by atomic mass is 28.4. The van der Waals surface area contributed by atoms with Gasteiger partial charge in [0, 0.05) is 0 Å². The highest BCUT2D eigenvalue weighted by molar-refractivity contribution is 6.74. The minimum atomic E-state index is -2.27. The van der Waals surface area contributed by atoms with Crippen LogP contribution in [-0.2, 0) is 23.5 Å². The van der Waals surface area contributed by atoms with Crippen LogP contribution in [0.4, 0.5) is 0 Å². The van der Waals surface area contributed by atoms with Gasteiger partial charge >= 0.3 is 11.9 Å². The van der Waals surface area contributed by atoms with Crippen LogP contribution in [0.5, 0.6) is 0 Å². The number of methoxy groups -OCH3 is 2. The first kappa shape index (κ1) is 20.7. The van der Waals surface area contributed by atoms with Crippen molar-refractivity contribution in [1.82, 2.24) is 0 Å². The fourth-order valence-electron chi connectivity index (χ4n) is 1.51. The fraction of sp³-hybridized carbons (Fsp3) is 0.750. The van der Waals surface area contributed by atoms with Gasteiger partial charge in [0.15, 0.2) is 0 Å². The Morgan fingerprint density at radius 3 is 1.86 bits per heavy atom. The SMILES string of the molecule is CCCCC(C(=O)OC)=C(O[Si](C)(C)C(C)(C)C)C(=O)OC. The first-order valence-electron chi connectivity index (χ1n) is 7.60. The average molecular weight is 330 g/mol. The Kier molecular flexibility index (Phi) is 7.87. The van der Waals surface area contributed by atoms with Crippen LogP contribution in [-0.4, -0.2) is 34.5 Å². The summed E-state index contributed by atoms with van der Waals surface area (Å²) >= 11 is 0. The quantitative estimate of drug-likeness (QED) is 0.307. The maximum atomic E-state index is 12.2. The molecule has 0 aromatic heterocycles. The molecule has 0 fully saturated rings. The van der Waals surface area contributed by atoms with E-state index in [0.29, 0.717) is 6.42 Å². The van der Waals surface area contributed by atoms with Crippen molar-refractivity contribution < 1.29 is 23.5 Å². The summed E-state index contributed by atoms with van der Waals surface area (Å²) in [5, 5.41) is -0.0990. The van der Waals surface area contributed by atoms with E-state index in [9.17, 15) is 9.59 Å². The van der Waals surface area contributed by atoms with Gasteiger partial charge in [-0.3, -0.25) is 0 Å². The summed E-state index contributed by atoms with van der Waals surface area (Å²) in [4.78, 5) is 24.2. The minimum Gasteiger partial charge on any atom is -0.538 e. The predicted molar refractivity (Wildman–Crippen MR) is 88.9 cm³/mol. The average Bonchev–Trinajstić information content (AvgIpc) is 2.43. The number of carbonyl (C=O) groups is 2. The smallest absolute Gasteiger partial charge is 0.372 e. The fourth-order valence-corrected chi connectivity index (χ4v) is 2.54. The van der Waals surface area contributed by atoms with Gasteiger partial charge in [-0.25, -0.2) is 9.59 Å². The largest absolute Gasteiger partial charge is 0.538 e. The number of carbonyl (C=O) groups excluding carboxylic acids is 2. The van der Waals surface area contributed by atoms with Crippen LogP contribution < -0.4 is 0 Å². The number of unbranched alkanes of at least 4 members (excludes halogenated alkanes) is 1. The first-order valence-corrected chi connectivity index (χ1v) is 10.5. The summed E-state index contributed by atoms with van der Waals surface area (Å²) in [6, 6.07) is 0. The molecule has 0 aliphatic carbocycles. The first-order chi connectivity index (χ1) is 10.0. The van der Waals surface area contributed by atoms with Crippen LogP contribution in [0.25, 0.3) is 0 Å². The molecule has 128 valence electrons. The molecular formula is C16H30O5Si. The van der Waals surface area contributed by atoms with Gasteiger partial charge in [0.05, 0.1) is 19.8 Å². The van der Waals surface area contributed by atoms with E-state index in [2.05, 4.69) is 20.8 Å². The molecule has 0 spiro atoms. The van der Waals surface area contributed by atoms with Crippen molar-refractivity contribution in [3.05, 3.63) is 11.3 Å². The standard InChI is InChI=1S/C16H30O5Si/c1-9-10-11-12(14(17)19-5)13(15(18)20-6)21-22(7,8)16(2,3)4/h9-11H2,1-8H3. The number of ether oxygens (including phenoxy) is 2. The topological polar surface area (TPSA) is 61.8 Å². The van der Waals surface area contributed by atoms with E-state index < -0.39 is 20.3 Å². The minimum absolute atomic E-state index is 0.00870.